The molecule has 2 N–H and O–H groups in total. The molecule has 8 heteroatoms. The van der Waals surface area contributed by atoms with Gasteiger partial charge in [-0.15, -0.1) is 0 Å². The number of hydrogen-bond acceptors (Lipinski definition) is 8. The zero-order valence-corrected chi connectivity index (χ0v) is 15.0. The second-order valence-corrected chi connectivity index (χ2v) is 6.23. The molecule has 5 rings (SSSR count). The molecule has 28 heavy (non-hydrogen) atoms. The van der Waals surface area contributed by atoms with Gasteiger partial charge < -0.3 is 29.6 Å². The first kappa shape index (κ1) is 16.5. The quantitative estimate of drug-likeness (QED) is 0.713. The van der Waals surface area contributed by atoms with E-state index in [2.05, 4.69) is 20.6 Å². The van der Waals surface area contributed by atoms with Gasteiger partial charge in [-0.1, -0.05) is 0 Å². The standard InChI is InChI=1S/C20H18N4O4/c1-3-15-17(27-9-7-25-15)11-13(1)22-19-5-6-21-20(24-19)23-14-2-4-16-18(12-14)28-10-8-26-16/h1-6,11-12H,7-10H2,(H2,21,22,23,24). The number of nitrogens with zero attached hydrogens (tertiary/aromatic N) is 2. The fourth-order valence-electron chi connectivity index (χ4n) is 3.01. The average molecular weight is 378 g/mol. The third-order valence-electron chi connectivity index (χ3n) is 4.27. The number of benzene rings is 2. The van der Waals surface area contributed by atoms with Crippen LogP contribution in [-0.2, 0) is 0 Å². The molecule has 0 spiro atoms. The van der Waals surface area contributed by atoms with E-state index in [1.807, 2.05) is 36.4 Å². The Kier molecular flexibility index (Phi) is 4.21. The predicted octanol–water partition coefficient (Wildman–Crippen LogP) is 3.51. The largest absolute Gasteiger partial charge is 0.486 e. The van der Waals surface area contributed by atoms with Crippen molar-refractivity contribution < 1.29 is 18.9 Å². The van der Waals surface area contributed by atoms with Crippen molar-refractivity contribution in [3.05, 3.63) is 48.7 Å². The van der Waals surface area contributed by atoms with Gasteiger partial charge in [0.25, 0.3) is 0 Å². The molecule has 0 atom stereocenters. The highest BCUT2D eigenvalue weighted by Gasteiger charge is 2.13. The topological polar surface area (TPSA) is 86.8 Å². The van der Waals surface area contributed by atoms with Gasteiger partial charge in [-0.2, -0.15) is 4.98 Å². The van der Waals surface area contributed by atoms with Crippen LogP contribution in [0.15, 0.2) is 48.7 Å². The van der Waals surface area contributed by atoms with Crippen molar-refractivity contribution in [2.24, 2.45) is 0 Å². The fourth-order valence-corrected chi connectivity index (χ4v) is 3.01. The molecule has 0 amide bonds. The van der Waals surface area contributed by atoms with Crippen molar-refractivity contribution in [2.75, 3.05) is 37.1 Å². The molecule has 2 aliphatic heterocycles. The maximum Gasteiger partial charge on any atom is 0.229 e. The van der Waals surface area contributed by atoms with Crippen LogP contribution in [0.5, 0.6) is 23.0 Å². The Morgan fingerprint density at radius 1 is 0.643 bits per heavy atom. The molecule has 2 aliphatic rings. The molecule has 8 nitrogen and oxygen atoms in total. The van der Waals surface area contributed by atoms with Gasteiger partial charge in [0.2, 0.25) is 5.95 Å². The molecule has 0 saturated heterocycles. The summed E-state index contributed by atoms with van der Waals surface area (Å²) < 4.78 is 22.3. The van der Waals surface area contributed by atoms with Crippen molar-refractivity contribution in [1.29, 1.82) is 0 Å². The number of nitrogens with one attached hydrogen (secondary N) is 2. The van der Waals surface area contributed by atoms with Crippen LogP contribution in [0.4, 0.5) is 23.1 Å². The van der Waals surface area contributed by atoms with Crippen LogP contribution in [0.1, 0.15) is 0 Å². The second-order valence-electron chi connectivity index (χ2n) is 6.23. The summed E-state index contributed by atoms with van der Waals surface area (Å²) in [5.74, 6) is 4.06. The number of fused-ring (bicyclic) bond motifs is 2. The van der Waals surface area contributed by atoms with Gasteiger partial charge in [-0.3, -0.25) is 0 Å². The molecule has 142 valence electrons. The van der Waals surface area contributed by atoms with E-state index >= 15 is 0 Å². The highest BCUT2D eigenvalue weighted by molar-refractivity contribution is 5.64. The minimum absolute atomic E-state index is 0.472. The third-order valence-corrected chi connectivity index (χ3v) is 4.27. The van der Waals surface area contributed by atoms with Gasteiger partial charge in [0.05, 0.1) is 0 Å². The van der Waals surface area contributed by atoms with E-state index < -0.39 is 0 Å². The van der Waals surface area contributed by atoms with E-state index in [1.54, 1.807) is 12.3 Å². The number of ether oxygens (including phenoxy) is 4. The molecular weight excluding hydrogens is 360 g/mol. The number of anilines is 4. The smallest absolute Gasteiger partial charge is 0.229 e. The van der Waals surface area contributed by atoms with Gasteiger partial charge in [0.1, 0.15) is 32.2 Å². The van der Waals surface area contributed by atoms with E-state index in [9.17, 15) is 0 Å². The van der Waals surface area contributed by atoms with Gasteiger partial charge in [-0.25, -0.2) is 4.98 Å². The van der Waals surface area contributed by atoms with Crippen LogP contribution in [0, 0.1) is 0 Å². The Balaban J connectivity index is 1.32. The number of hydrogen-bond donors (Lipinski definition) is 2. The van der Waals surface area contributed by atoms with Crippen LogP contribution in [0.25, 0.3) is 0 Å². The molecule has 0 fully saturated rings. The SMILES string of the molecule is c1cc(Nc2ccc3c(c2)OCCO3)nc(Nc2ccc3c(c2)OCCO3)n1. The van der Waals surface area contributed by atoms with E-state index in [1.165, 1.54) is 0 Å². The predicted molar refractivity (Wildman–Crippen MR) is 103 cm³/mol. The minimum Gasteiger partial charge on any atom is -0.486 e. The molecule has 3 heterocycles. The molecule has 1 aromatic heterocycles. The molecule has 0 saturated carbocycles. The first-order valence-corrected chi connectivity index (χ1v) is 9.00. The Hall–Kier alpha value is -3.68. The lowest BCUT2D eigenvalue weighted by atomic mass is 10.2. The van der Waals surface area contributed by atoms with Crippen LogP contribution in [0.2, 0.25) is 0 Å². The molecular formula is C20H18N4O4. The highest BCUT2D eigenvalue weighted by Crippen LogP contribution is 2.34. The molecule has 0 aliphatic carbocycles. The summed E-state index contributed by atoms with van der Waals surface area (Å²) in [5.41, 5.74) is 1.67. The molecule has 0 bridgehead atoms. The lowest BCUT2D eigenvalue weighted by Crippen LogP contribution is -2.15. The van der Waals surface area contributed by atoms with Crippen molar-refractivity contribution in [1.82, 2.24) is 9.97 Å². The number of aromatic nitrogens is 2. The van der Waals surface area contributed by atoms with Crippen LogP contribution < -0.4 is 29.6 Å². The normalized spacial score (nSPS) is 14.3. The summed E-state index contributed by atoms with van der Waals surface area (Å²) >= 11 is 0. The van der Waals surface area contributed by atoms with Gasteiger partial charge in [-0.05, 0) is 30.3 Å². The summed E-state index contributed by atoms with van der Waals surface area (Å²) in [7, 11) is 0. The highest BCUT2D eigenvalue weighted by atomic mass is 16.6. The van der Waals surface area contributed by atoms with Gasteiger partial charge >= 0.3 is 0 Å². The Morgan fingerprint density at radius 3 is 1.86 bits per heavy atom. The average Bonchev–Trinajstić information content (AvgIpc) is 2.74. The third kappa shape index (κ3) is 3.44. The molecule has 3 aromatic rings. The summed E-state index contributed by atoms with van der Waals surface area (Å²) in [6, 6.07) is 13.1. The van der Waals surface area contributed by atoms with Crippen molar-refractivity contribution in [3.63, 3.8) is 0 Å². The van der Waals surface area contributed by atoms with Crippen molar-refractivity contribution in [2.45, 2.75) is 0 Å². The van der Waals surface area contributed by atoms with Crippen LogP contribution in [0.3, 0.4) is 0 Å². The minimum atomic E-state index is 0.472. The summed E-state index contributed by atoms with van der Waals surface area (Å²) in [4.78, 5) is 8.79. The van der Waals surface area contributed by atoms with Gasteiger partial charge in [0.15, 0.2) is 23.0 Å². The first-order chi connectivity index (χ1) is 13.8. The van der Waals surface area contributed by atoms with Crippen molar-refractivity contribution >= 4 is 23.1 Å². The lowest BCUT2D eigenvalue weighted by molar-refractivity contribution is 0.171. The van der Waals surface area contributed by atoms with Crippen molar-refractivity contribution in [3.8, 4) is 23.0 Å². The Labute approximate surface area is 161 Å². The van der Waals surface area contributed by atoms with E-state index in [0.29, 0.717) is 43.9 Å². The van der Waals surface area contributed by atoms with E-state index in [-0.39, 0.29) is 0 Å². The second kappa shape index (κ2) is 7.15. The zero-order chi connectivity index (χ0) is 18.8. The summed E-state index contributed by atoms with van der Waals surface area (Å²) in [6.45, 7) is 2.23. The van der Waals surface area contributed by atoms with Crippen LogP contribution in [-0.4, -0.2) is 36.4 Å². The summed E-state index contributed by atoms with van der Waals surface area (Å²) in [5, 5.41) is 6.45. The number of rotatable bonds is 4. The molecule has 0 unspecified atom stereocenters. The van der Waals surface area contributed by atoms with E-state index in [0.717, 1.165) is 28.6 Å². The fraction of sp³-hybridized carbons (Fsp3) is 0.200. The molecule has 2 aromatic carbocycles. The maximum absolute atomic E-state index is 5.62. The lowest BCUT2D eigenvalue weighted by Gasteiger charge is -2.19. The monoisotopic (exact) mass is 378 g/mol. The van der Waals surface area contributed by atoms with Gasteiger partial charge in [0, 0.05) is 29.7 Å². The van der Waals surface area contributed by atoms with E-state index in [4.69, 9.17) is 18.9 Å². The summed E-state index contributed by atoms with van der Waals surface area (Å²) in [6.07, 6.45) is 1.69. The zero-order valence-electron chi connectivity index (χ0n) is 15.0. The molecule has 0 radical (unpaired) electrons. The Bertz CT molecular complexity index is 934. The maximum atomic E-state index is 5.62. The van der Waals surface area contributed by atoms with Crippen LogP contribution >= 0.6 is 0 Å². The Morgan fingerprint density at radius 2 is 1.21 bits per heavy atom. The first-order valence-electron chi connectivity index (χ1n) is 9.00.